The largest absolute Gasteiger partial charge is 0.459 e. The van der Waals surface area contributed by atoms with Gasteiger partial charge in [-0.2, -0.15) is 9.97 Å². The van der Waals surface area contributed by atoms with Crippen molar-refractivity contribution in [3.05, 3.63) is 52.3 Å². The number of Topliss-reactive ketones (excluding diaryl/α,β-unsaturated/α-hetero) is 1. The Kier molecular flexibility index (Phi) is 7.74. The van der Waals surface area contributed by atoms with Crippen LogP contribution >= 0.6 is 19.3 Å². The SMILES string of the molecule is CC(=O)[C@H](C)NP(=O)(OC[C@H]1O[C@@H](n2cnc3c(Cl)nc(N)nc32)CC1N=[N+]=[N-])Oc1ccccc1. The van der Waals surface area contributed by atoms with Crippen LogP contribution in [-0.2, 0) is 18.6 Å². The van der Waals surface area contributed by atoms with E-state index in [0.717, 1.165) is 0 Å². The average molecular weight is 536 g/mol. The number of hydrogen-bond donors (Lipinski definition) is 2. The van der Waals surface area contributed by atoms with Crippen molar-refractivity contribution in [3.63, 3.8) is 0 Å². The molecule has 0 radical (unpaired) electrons. The number of para-hydroxylation sites is 1. The molecular formula is C20H23ClN9O5P. The Labute approximate surface area is 210 Å². The standard InChI is InChI=1S/C20H23ClN9O5P/c1-11(12(2)31)28-36(32,35-13-6-4-3-5-7-13)33-9-15-14(27-29-23)8-16(34-15)30-10-24-17-18(21)25-20(22)26-19(17)30/h3-7,10-11,14-16H,8-9H2,1-2H3,(H,28,32)(H2,22,25,26)/t11-,14?,15+,16+,36?/m0/s1. The number of rotatable bonds is 10. The zero-order valence-corrected chi connectivity index (χ0v) is 20.9. The van der Waals surface area contributed by atoms with Gasteiger partial charge in [0.1, 0.15) is 23.3 Å². The van der Waals surface area contributed by atoms with Crippen molar-refractivity contribution < 1.29 is 23.1 Å². The van der Waals surface area contributed by atoms with Gasteiger partial charge >= 0.3 is 7.75 Å². The first-order chi connectivity index (χ1) is 17.2. The summed E-state index contributed by atoms with van der Waals surface area (Å²) in [6, 6.07) is 6.89. The number of nitrogens with two attached hydrogens (primary N) is 1. The van der Waals surface area contributed by atoms with Crippen LogP contribution < -0.4 is 15.3 Å². The lowest BCUT2D eigenvalue weighted by Gasteiger charge is -2.24. The summed E-state index contributed by atoms with van der Waals surface area (Å²) >= 11 is 6.11. The minimum atomic E-state index is -4.04. The quantitative estimate of drug-likeness (QED) is 0.127. The lowest BCUT2D eigenvalue weighted by atomic mass is 10.1. The third-order valence-corrected chi connectivity index (χ3v) is 7.36. The highest BCUT2D eigenvalue weighted by molar-refractivity contribution is 7.52. The number of nitrogen functional groups attached to an aromatic ring is 1. The van der Waals surface area contributed by atoms with Crippen molar-refractivity contribution in [2.45, 2.75) is 44.7 Å². The van der Waals surface area contributed by atoms with Gasteiger partial charge in [0.05, 0.1) is 31.1 Å². The molecule has 14 nitrogen and oxygen atoms in total. The maximum Gasteiger partial charge on any atom is 0.459 e. The minimum absolute atomic E-state index is 0.0385. The predicted molar refractivity (Wildman–Crippen MR) is 130 cm³/mol. The van der Waals surface area contributed by atoms with Crippen molar-refractivity contribution >= 4 is 42.2 Å². The highest BCUT2D eigenvalue weighted by Gasteiger charge is 2.40. The van der Waals surface area contributed by atoms with Gasteiger partial charge in [0.15, 0.2) is 10.8 Å². The summed E-state index contributed by atoms with van der Waals surface area (Å²) in [6.07, 6.45) is 0.236. The molecule has 16 heteroatoms. The first kappa shape index (κ1) is 25.8. The minimum Gasteiger partial charge on any atom is -0.413 e. The molecule has 3 heterocycles. The molecule has 1 fully saturated rings. The number of aromatic nitrogens is 4. The molecule has 0 spiro atoms. The highest BCUT2D eigenvalue weighted by atomic mass is 35.5. The normalized spacial score (nSPS) is 22.0. The van der Waals surface area contributed by atoms with E-state index in [2.05, 4.69) is 30.1 Å². The fraction of sp³-hybridized carbons (Fsp3) is 0.400. The molecule has 1 saturated heterocycles. The summed E-state index contributed by atoms with van der Waals surface area (Å²) in [5.41, 5.74) is 15.5. The summed E-state index contributed by atoms with van der Waals surface area (Å²) in [6.45, 7) is 2.62. The summed E-state index contributed by atoms with van der Waals surface area (Å²) in [7, 11) is -4.04. The maximum absolute atomic E-state index is 13.6. The van der Waals surface area contributed by atoms with E-state index in [-0.39, 0.29) is 35.7 Å². The fourth-order valence-electron chi connectivity index (χ4n) is 3.54. The van der Waals surface area contributed by atoms with Crippen LogP contribution in [0.3, 0.4) is 0 Å². The van der Waals surface area contributed by atoms with Crippen molar-refractivity contribution in [1.82, 2.24) is 24.6 Å². The number of benzene rings is 1. The van der Waals surface area contributed by atoms with Gasteiger partial charge in [-0.3, -0.25) is 13.9 Å². The second-order valence-corrected chi connectivity index (χ2v) is 10.0. The smallest absolute Gasteiger partial charge is 0.413 e. The van der Waals surface area contributed by atoms with Crippen LogP contribution in [0.25, 0.3) is 21.6 Å². The fourth-order valence-corrected chi connectivity index (χ4v) is 5.34. The summed E-state index contributed by atoms with van der Waals surface area (Å²) in [4.78, 5) is 27.0. The number of imidazole rings is 1. The van der Waals surface area contributed by atoms with Crippen LogP contribution in [0.4, 0.5) is 5.95 Å². The second-order valence-electron chi connectivity index (χ2n) is 7.99. The van der Waals surface area contributed by atoms with Gasteiger partial charge in [-0.1, -0.05) is 34.9 Å². The Morgan fingerprint density at radius 2 is 2.19 bits per heavy atom. The van der Waals surface area contributed by atoms with E-state index in [1.165, 1.54) is 13.3 Å². The van der Waals surface area contributed by atoms with Crippen LogP contribution in [0.15, 0.2) is 41.8 Å². The van der Waals surface area contributed by atoms with Crippen LogP contribution in [0.2, 0.25) is 5.15 Å². The van der Waals surface area contributed by atoms with Crippen molar-refractivity contribution in [2.24, 2.45) is 5.11 Å². The molecule has 5 atom stereocenters. The Morgan fingerprint density at radius 1 is 1.44 bits per heavy atom. The molecule has 0 bridgehead atoms. The van der Waals surface area contributed by atoms with E-state index in [0.29, 0.717) is 11.2 Å². The van der Waals surface area contributed by atoms with E-state index in [1.807, 2.05) is 0 Å². The summed E-state index contributed by atoms with van der Waals surface area (Å²) in [5.74, 6) is -0.0186. The van der Waals surface area contributed by atoms with Crippen LogP contribution in [-0.4, -0.2) is 50.1 Å². The van der Waals surface area contributed by atoms with E-state index >= 15 is 0 Å². The predicted octanol–water partition coefficient (Wildman–Crippen LogP) is 3.80. The van der Waals surface area contributed by atoms with Gasteiger partial charge in [0, 0.05) is 11.3 Å². The molecular weight excluding hydrogens is 513 g/mol. The van der Waals surface area contributed by atoms with Gasteiger partial charge in [-0.25, -0.2) is 14.6 Å². The molecule has 3 N–H and O–H groups in total. The Bertz CT molecular complexity index is 1350. The van der Waals surface area contributed by atoms with Gasteiger partial charge in [-0.15, -0.1) is 0 Å². The number of hydrogen-bond acceptors (Lipinski definition) is 10. The second kappa shape index (κ2) is 10.8. The Morgan fingerprint density at radius 3 is 2.89 bits per heavy atom. The molecule has 1 aliphatic heterocycles. The van der Waals surface area contributed by atoms with E-state index in [4.69, 9.17) is 36.7 Å². The number of carbonyl (C=O) groups is 1. The molecule has 4 rings (SSSR count). The van der Waals surface area contributed by atoms with Crippen molar-refractivity contribution in [2.75, 3.05) is 12.3 Å². The van der Waals surface area contributed by atoms with Crippen molar-refractivity contribution in [3.8, 4) is 5.75 Å². The van der Waals surface area contributed by atoms with Gasteiger partial charge in [0.2, 0.25) is 5.95 Å². The molecule has 0 aliphatic carbocycles. The maximum atomic E-state index is 13.6. The molecule has 36 heavy (non-hydrogen) atoms. The molecule has 2 unspecified atom stereocenters. The molecule has 2 aromatic heterocycles. The molecule has 190 valence electrons. The number of carbonyl (C=O) groups excluding carboxylic acids is 1. The lowest BCUT2D eigenvalue weighted by Crippen LogP contribution is -2.34. The number of halogens is 1. The first-order valence-electron chi connectivity index (χ1n) is 10.8. The molecule has 1 aliphatic rings. The summed E-state index contributed by atoms with van der Waals surface area (Å²) < 4.78 is 32.5. The zero-order valence-electron chi connectivity index (χ0n) is 19.3. The first-order valence-corrected chi connectivity index (χ1v) is 12.7. The van der Waals surface area contributed by atoms with Crippen LogP contribution in [0.1, 0.15) is 26.5 Å². The molecule has 0 amide bonds. The third-order valence-electron chi connectivity index (χ3n) is 5.45. The third kappa shape index (κ3) is 5.76. The average Bonchev–Trinajstić information content (AvgIpc) is 3.42. The van der Waals surface area contributed by atoms with Crippen LogP contribution in [0.5, 0.6) is 5.75 Å². The number of nitrogens with one attached hydrogen (secondary N) is 1. The Balaban J connectivity index is 1.55. The number of ether oxygens (including phenoxy) is 1. The zero-order chi connectivity index (χ0) is 25.9. The van der Waals surface area contributed by atoms with Crippen molar-refractivity contribution in [1.29, 1.82) is 0 Å². The van der Waals surface area contributed by atoms with E-state index in [1.54, 1.807) is 41.8 Å². The van der Waals surface area contributed by atoms with Gasteiger partial charge < -0.3 is 15.0 Å². The summed E-state index contributed by atoms with van der Waals surface area (Å²) in [5, 5.41) is 6.53. The molecule has 3 aromatic rings. The number of ketones is 1. The lowest BCUT2D eigenvalue weighted by molar-refractivity contribution is -0.118. The van der Waals surface area contributed by atoms with Gasteiger partial charge in [0.25, 0.3) is 0 Å². The number of nitrogens with zero attached hydrogens (tertiary/aromatic N) is 7. The number of fused-ring (bicyclic) bond motifs is 1. The van der Waals surface area contributed by atoms with Crippen LogP contribution in [0, 0.1) is 0 Å². The molecule has 0 saturated carbocycles. The number of anilines is 1. The Hall–Kier alpha value is -3.25. The highest BCUT2D eigenvalue weighted by Crippen LogP contribution is 2.46. The topological polar surface area (TPSA) is 192 Å². The van der Waals surface area contributed by atoms with E-state index in [9.17, 15) is 9.36 Å². The molecule has 1 aromatic carbocycles. The number of azide groups is 1. The van der Waals surface area contributed by atoms with Gasteiger partial charge in [-0.05, 0) is 31.5 Å². The monoisotopic (exact) mass is 535 g/mol. The van der Waals surface area contributed by atoms with E-state index < -0.39 is 32.2 Å².